The monoisotopic (exact) mass is 384 g/mol. The lowest BCUT2D eigenvalue weighted by molar-refractivity contribution is 0.100. The molecule has 2 aromatic carbocycles. The predicted molar refractivity (Wildman–Crippen MR) is 82.0 cm³/mol. The molecular formula is C14H10FIN2O2. The maximum Gasteiger partial charge on any atom is 0.256 e. The largest absolute Gasteiger partial charge is 0.366 e. The zero-order valence-corrected chi connectivity index (χ0v) is 12.3. The minimum absolute atomic E-state index is 0.220. The van der Waals surface area contributed by atoms with Crippen LogP contribution in [0.3, 0.4) is 0 Å². The fourth-order valence-electron chi connectivity index (χ4n) is 1.67. The molecule has 4 nitrogen and oxygen atoms in total. The molecule has 102 valence electrons. The molecule has 2 amide bonds. The Morgan fingerprint density at radius 3 is 2.45 bits per heavy atom. The highest BCUT2D eigenvalue weighted by molar-refractivity contribution is 14.1. The Morgan fingerprint density at radius 2 is 1.80 bits per heavy atom. The Kier molecular flexibility index (Phi) is 4.33. The Balaban J connectivity index is 2.30. The molecule has 2 rings (SSSR count). The second kappa shape index (κ2) is 6.00. The van der Waals surface area contributed by atoms with E-state index in [0.717, 1.165) is 0 Å². The van der Waals surface area contributed by atoms with Crippen LogP contribution in [0.1, 0.15) is 20.7 Å². The van der Waals surface area contributed by atoms with Crippen molar-refractivity contribution < 1.29 is 14.0 Å². The Hall–Kier alpha value is -1.96. The van der Waals surface area contributed by atoms with Crippen molar-refractivity contribution in [1.29, 1.82) is 0 Å². The van der Waals surface area contributed by atoms with Crippen LogP contribution in [0.25, 0.3) is 0 Å². The van der Waals surface area contributed by atoms with Gasteiger partial charge < -0.3 is 11.1 Å². The number of carbonyl (C=O) groups is 2. The molecule has 0 aliphatic heterocycles. The molecule has 3 N–H and O–H groups in total. The molecule has 0 aliphatic rings. The summed E-state index contributed by atoms with van der Waals surface area (Å²) in [5.74, 6) is -1.47. The van der Waals surface area contributed by atoms with Crippen LogP contribution in [-0.2, 0) is 0 Å². The van der Waals surface area contributed by atoms with Crippen LogP contribution in [0, 0.1) is 9.39 Å². The number of rotatable bonds is 3. The Labute approximate surface area is 128 Å². The first-order valence-corrected chi connectivity index (χ1v) is 6.72. The molecule has 0 aliphatic carbocycles. The van der Waals surface area contributed by atoms with Gasteiger partial charge in [0.25, 0.3) is 11.8 Å². The van der Waals surface area contributed by atoms with Crippen molar-refractivity contribution in [3.8, 4) is 0 Å². The fraction of sp³-hybridized carbons (Fsp3) is 0. The molecule has 0 bridgehead atoms. The molecule has 0 aromatic heterocycles. The summed E-state index contributed by atoms with van der Waals surface area (Å²) < 4.78 is 13.5. The number of nitrogens with two attached hydrogens (primary N) is 1. The van der Waals surface area contributed by atoms with Gasteiger partial charge in [0.1, 0.15) is 5.82 Å². The maximum absolute atomic E-state index is 13.0. The zero-order valence-electron chi connectivity index (χ0n) is 10.2. The molecule has 20 heavy (non-hydrogen) atoms. The van der Waals surface area contributed by atoms with Crippen LogP contribution in [-0.4, -0.2) is 11.8 Å². The third-order valence-corrected chi connectivity index (χ3v) is 3.51. The van der Waals surface area contributed by atoms with E-state index in [0.29, 0.717) is 14.8 Å². The van der Waals surface area contributed by atoms with Gasteiger partial charge in [-0.25, -0.2) is 4.39 Å². The van der Waals surface area contributed by atoms with Gasteiger partial charge in [-0.1, -0.05) is 12.1 Å². The third-order valence-electron chi connectivity index (χ3n) is 2.62. The van der Waals surface area contributed by atoms with Crippen LogP contribution in [0.15, 0.2) is 42.5 Å². The Morgan fingerprint density at radius 1 is 1.10 bits per heavy atom. The lowest BCUT2D eigenvalue weighted by Crippen LogP contribution is -2.18. The van der Waals surface area contributed by atoms with E-state index in [1.54, 1.807) is 18.2 Å². The number of benzene rings is 2. The maximum atomic E-state index is 13.0. The second-order valence-corrected chi connectivity index (χ2v) is 5.15. The molecule has 0 saturated carbocycles. The molecule has 0 atom stereocenters. The lowest BCUT2D eigenvalue weighted by Gasteiger charge is -2.09. The first kappa shape index (κ1) is 14.4. The highest BCUT2D eigenvalue weighted by Gasteiger charge is 2.14. The van der Waals surface area contributed by atoms with Crippen molar-refractivity contribution in [1.82, 2.24) is 0 Å². The number of carbonyl (C=O) groups excluding carboxylic acids is 2. The molecule has 0 saturated heterocycles. The summed E-state index contributed by atoms with van der Waals surface area (Å²) in [4.78, 5) is 23.4. The zero-order chi connectivity index (χ0) is 14.7. The fourth-order valence-corrected chi connectivity index (χ4v) is 2.39. The highest BCUT2D eigenvalue weighted by atomic mass is 127. The summed E-state index contributed by atoms with van der Waals surface area (Å²) in [7, 11) is 0. The quantitative estimate of drug-likeness (QED) is 0.799. The van der Waals surface area contributed by atoms with Gasteiger partial charge >= 0.3 is 0 Å². The molecule has 0 spiro atoms. The van der Waals surface area contributed by atoms with Gasteiger partial charge in [0.05, 0.1) is 16.8 Å². The molecule has 0 radical (unpaired) electrons. The number of amides is 2. The topological polar surface area (TPSA) is 72.2 Å². The van der Waals surface area contributed by atoms with Crippen molar-refractivity contribution in [2.45, 2.75) is 0 Å². The number of hydrogen-bond donors (Lipinski definition) is 2. The van der Waals surface area contributed by atoms with E-state index < -0.39 is 17.6 Å². The first-order valence-electron chi connectivity index (χ1n) is 5.64. The number of halogens is 2. The van der Waals surface area contributed by atoms with Crippen LogP contribution < -0.4 is 11.1 Å². The smallest absolute Gasteiger partial charge is 0.256 e. The summed E-state index contributed by atoms with van der Waals surface area (Å²) in [5, 5.41) is 2.60. The normalized spacial score (nSPS) is 10.1. The average molecular weight is 384 g/mol. The average Bonchev–Trinajstić information content (AvgIpc) is 2.38. The molecule has 0 unspecified atom stereocenters. The van der Waals surface area contributed by atoms with Gasteiger partial charge in [0.15, 0.2) is 0 Å². The first-order chi connectivity index (χ1) is 9.49. The summed E-state index contributed by atoms with van der Waals surface area (Å²) >= 11 is 1.87. The van der Waals surface area contributed by atoms with Crippen molar-refractivity contribution in [3.63, 3.8) is 0 Å². The van der Waals surface area contributed by atoms with Gasteiger partial charge in [0, 0.05) is 3.57 Å². The molecular weight excluding hydrogens is 374 g/mol. The van der Waals surface area contributed by atoms with E-state index in [9.17, 15) is 14.0 Å². The van der Waals surface area contributed by atoms with Crippen molar-refractivity contribution >= 4 is 40.1 Å². The number of hydrogen-bond acceptors (Lipinski definition) is 2. The number of primary amides is 1. The molecule has 0 fully saturated rings. The second-order valence-electron chi connectivity index (χ2n) is 3.99. The van der Waals surface area contributed by atoms with E-state index in [1.807, 2.05) is 22.6 Å². The van der Waals surface area contributed by atoms with E-state index >= 15 is 0 Å². The minimum atomic E-state index is -0.630. The molecule has 2 aromatic rings. The highest BCUT2D eigenvalue weighted by Crippen LogP contribution is 2.18. The van der Waals surface area contributed by atoms with Crippen LogP contribution >= 0.6 is 22.6 Å². The predicted octanol–water partition coefficient (Wildman–Crippen LogP) is 2.78. The van der Waals surface area contributed by atoms with Crippen LogP contribution in [0.5, 0.6) is 0 Å². The van der Waals surface area contributed by atoms with Crippen molar-refractivity contribution in [2.24, 2.45) is 5.73 Å². The van der Waals surface area contributed by atoms with E-state index in [1.165, 1.54) is 24.3 Å². The van der Waals surface area contributed by atoms with Gasteiger partial charge in [0.2, 0.25) is 0 Å². The summed E-state index contributed by atoms with van der Waals surface area (Å²) in [6.45, 7) is 0. The summed E-state index contributed by atoms with van der Waals surface area (Å²) in [5.41, 5.74) is 6.11. The van der Waals surface area contributed by atoms with E-state index in [4.69, 9.17) is 5.73 Å². The summed E-state index contributed by atoms with van der Waals surface area (Å²) in [6, 6.07) is 10.3. The standard InChI is InChI=1S/C14H10FIN2O2/c15-8-5-6-9(11(16)7-8)14(20)18-12-4-2-1-3-10(12)13(17)19/h1-7H,(H2,17,19)(H,18,20). The number of para-hydroxylation sites is 1. The number of nitrogens with one attached hydrogen (secondary N) is 1. The van der Waals surface area contributed by atoms with Crippen LogP contribution in [0.2, 0.25) is 0 Å². The number of anilines is 1. The van der Waals surface area contributed by atoms with E-state index in [-0.39, 0.29) is 5.56 Å². The van der Waals surface area contributed by atoms with E-state index in [2.05, 4.69) is 5.32 Å². The van der Waals surface area contributed by atoms with Gasteiger partial charge in [-0.2, -0.15) is 0 Å². The third kappa shape index (κ3) is 3.13. The van der Waals surface area contributed by atoms with Gasteiger partial charge in [-0.15, -0.1) is 0 Å². The summed E-state index contributed by atoms with van der Waals surface area (Å²) in [6.07, 6.45) is 0. The lowest BCUT2D eigenvalue weighted by atomic mass is 10.1. The minimum Gasteiger partial charge on any atom is -0.366 e. The molecule has 0 heterocycles. The molecule has 6 heteroatoms. The van der Waals surface area contributed by atoms with Crippen molar-refractivity contribution in [3.05, 3.63) is 63.0 Å². The van der Waals surface area contributed by atoms with Crippen LogP contribution in [0.4, 0.5) is 10.1 Å². The SMILES string of the molecule is NC(=O)c1ccccc1NC(=O)c1ccc(F)cc1I. The van der Waals surface area contributed by atoms with Crippen molar-refractivity contribution in [2.75, 3.05) is 5.32 Å². The van der Waals surface area contributed by atoms with Gasteiger partial charge in [-0.3, -0.25) is 9.59 Å². The Bertz CT molecular complexity index is 689. The van der Waals surface area contributed by atoms with Gasteiger partial charge in [-0.05, 0) is 52.9 Å².